The third-order valence-electron chi connectivity index (χ3n) is 4.85. The predicted molar refractivity (Wildman–Crippen MR) is 102 cm³/mol. The molecule has 2 aromatic rings. The number of benzene rings is 2. The number of nitrogens with one attached hydrogen (secondary N) is 1. The summed E-state index contributed by atoms with van der Waals surface area (Å²) in [7, 11) is -3.50. The van der Waals surface area contributed by atoms with Crippen molar-refractivity contribution in [3.05, 3.63) is 59.7 Å². The third kappa shape index (κ3) is 3.97. The lowest BCUT2D eigenvalue weighted by atomic mass is 9.97. The molecule has 1 amide bonds. The van der Waals surface area contributed by atoms with E-state index in [2.05, 4.69) is 5.32 Å². The quantitative estimate of drug-likeness (QED) is 0.895. The van der Waals surface area contributed by atoms with E-state index >= 15 is 0 Å². The number of hydrogen-bond acceptors (Lipinski definition) is 3. The van der Waals surface area contributed by atoms with Gasteiger partial charge in [0.2, 0.25) is 15.9 Å². The first kappa shape index (κ1) is 18.6. The molecule has 1 aliphatic heterocycles. The Balaban J connectivity index is 1.64. The Morgan fingerprint density at radius 3 is 2.38 bits per heavy atom. The summed E-state index contributed by atoms with van der Waals surface area (Å²) in [6.45, 7) is 4.55. The van der Waals surface area contributed by atoms with Crippen LogP contribution >= 0.6 is 0 Å². The number of amides is 1. The Kier molecular flexibility index (Phi) is 5.44. The maximum Gasteiger partial charge on any atom is 0.243 e. The largest absolute Gasteiger partial charge is 0.326 e. The molecule has 0 bridgehead atoms. The standard InChI is InChI=1S/C20H24N2O3S/c1-15-6-5-8-18(14-15)26(24,25)22-12-10-17(11-13-22)20(23)21-19-9-4-3-7-16(19)2/h3-9,14,17H,10-13H2,1-2H3,(H,21,23). The fraction of sp³-hybridized carbons (Fsp3) is 0.350. The summed E-state index contributed by atoms with van der Waals surface area (Å²) in [5.41, 5.74) is 2.74. The fourth-order valence-electron chi connectivity index (χ4n) is 3.23. The molecule has 1 fully saturated rings. The van der Waals surface area contributed by atoms with Crippen LogP contribution in [0.4, 0.5) is 5.69 Å². The van der Waals surface area contributed by atoms with E-state index in [4.69, 9.17) is 0 Å². The Morgan fingerprint density at radius 1 is 1.04 bits per heavy atom. The van der Waals surface area contributed by atoms with E-state index in [0.717, 1.165) is 16.8 Å². The summed E-state index contributed by atoms with van der Waals surface area (Å²) in [5, 5.41) is 2.97. The lowest BCUT2D eigenvalue weighted by Gasteiger charge is -2.30. The minimum absolute atomic E-state index is 0.0353. The van der Waals surface area contributed by atoms with Crippen LogP contribution in [0.5, 0.6) is 0 Å². The molecule has 2 aromatic carbocycles. The van der Waals surface area contributed by atoms with Crippen LogP contribution in [-0.4, -0.2) is 31.7 Å². The van der Waals surface area contributed by atoms with Crippen LogP contribution in [0.1, 0.15) is 24.0 Å². The number of carbonyl (C=O) groups excluding carboxylic acids is 1. The van der Waals surface area contributed by atoms with Crippen LogP contribution in [0.25, 0.3) is 0 Å². The molecule has 138 valence electrons. The zero-order valence-corrected chi connectivity index (χ0v) is 15.9. The van der Waals surface area contributed by atoms with Crippen LogP contribution < -0.4 is 5.32 Å². The Morgan fingerprint density at radius 2 is 1.73 bits per heavy atom. The zero-order chi connectivity index (χ0) is 18.7. The lowest BCUT2D eigenvalue weighted by molar-refractivity contribution is -0.120. The molecule has 26 heavy (non-hydrogen) atoms. The van der Waals surface area contributed by atoms with Crippen molar-refractivity contribution in [2.24, 2.45) is 5.92 Å². The van der Waals surface area contributed by atoms with Crippen LogP contribution in [-0.2, 0) is 14.8 Å². The Labute approximate surface area is 155 Å². The molecule has 0 atom stereocenters. The van der Waals surface area contributed by atoms with E-state index < -0.39 is 10.0 Å². The van der Waals surface area contributed by atoms with Gasteiger partial charge in [0.25, 0.3) is 0 Å². The second-order valence-electron chi connectivity index (χ2n) is 6.80. The topological polar surface area (TPSA) is 66.5 Å². The monoisotopic (exact) mass is 372 g/mol. The second-order valence-corrected chi connectivity index (χ2v) is 8.74. The third-order valence-corrected chi connectivity index (χ3v) is 6.75. The van der Waals surface area contributed by atoms with Crippen molar-refractivity contribution in [2.75, 3.05) is 18.4 Å². The number of aryl methyl sites for hydroxylation is 2. The molecular formula is C20H24N2O3S. The van der Waals surface area contributed by atoms with Gasteiger partial charge in [-0.15, -0.1) is 0 Å². The van der Waals surface area contributed by atoms with Crippen molar-refractivity contribution in [2.45, 2.75) is 31.6 Å². The molecule has 1 N–H and O–H groups in total. The smallest absolute Gasteiger partial charge is 0.243 e. The summed E-state index contributed by atoms with van der Waals surface area (Å²) in [4.78, 5) is 12.8. The molecule has 0 unspecified atom stereocenters. The number of piperidine rings is 1. The minimum Gasteiger partial charge on any atom is -0.326 e. The first-order valence-electron chi connectivity index (χ1n) is 8.81. The zero-order valence-electron chi connectivity index (χ0n) is 15.1. The molecule has 6 heteroatoms. The molecule has 1 heterocycles. The minimum atomic E-state index is -3.50. The molecular weight excluding hydrogens is 348 g/mol. The highest BCUT2D eigenvalue weighted by molar-refractivity contribution is 7.89. The van der Waals surface area contributed by atoms with E-state index in [1.165, 1.54) is 4.31 Å². The van der Waals surface area contributed by atoms with Gasteiger partial charge in [-0.2, -0.15) is 4.31 Å². The molecule has 1 aliphatic rings. The summed E-state index contributed by atoms with van der Waals surface area (Å²) in [6.07, 6.45) is 1.06. The first-order valence-corrected chi connectivity index (χ1v) is 10.3. The number of hydrogen-bond donors (Lipinski definition) is 1. The van der Waals surface area contributed by atoms with Crippen molar-refractivity contribution in [3.8, 4) is 0 Å². The summed E-state index contributed by atoms with van der Waals surface area (Å²) < 4.78 is 27.0. The molecule has 1 saturated heterocycles. The van der Waals surface area contributed by atoms with Crippen LogP contribution in [0.2, 0.25) is 0 Å². The van der Waals surface area contributed by atoms with Gasteiger partial charge in [0.1, 0.15) is 0 Å². The highest BCUT2D eigenvalue weighted by Crippen LogP contribution is 2.25. The van der Waals surface area contributed by atoms with Gasteiger partial charge in [-0.3, -0.25) is 4.79 Å². The summed E-state index contributed by atoms with van der Waals surface area (Å²) >= 11 is 0. The Bertz CT molecular complexity index is 901. The number of nitrogens with zero attached hydrogens (tertiary/aromatic N) is 1. The number of carbonyl (C=O) groups is 1. The van der Waals surface area contributed by atoms with Gasteiger partial charge < -0.3 is 5.32 Å². The lowest BCUT2D eigenvalue weighted by Crippen LogP contribution is -2.41. The average Bonchev–Trinajstić information content (AvgIpc) is 2.63. The number of anilines is 1. The Hall–Kier alpha value is -2.18. The van der Waals surface area contributed by atoms with Gasteiger partial charge in [-0.1, -0.05) is 30.3 Å². The van der Waals surface area contributed by atoms with Crippen molar-refractivity contribution < 1.29 is 13.2 Å². The predicted octanol–water partition coefficient (Wildman–Crippen LogP) is 3.34. The highest BCUT2D eigenvalue weighted by Gasteiger charge is 2.32. The average molecular weight is 372 g/mol. The molecule has 0 aliphatic carbocycles. The van der Waals surface area contributed by atoms with Gasteiger partial charge in [0.15, 0.2) is 0 Å². The van der Waals surface area contributed by atoms with E-state index in [0.29, 0.717) is 30.8 Å². The number of rotatable bonds is 4. The SMILES string of the molecule is Cc1cccc(S(=O)(=O)N2CCC(C(=O)Nc3ccccc3C)CC2)c1. The van der Waals surface area contributed by atoms with E-state index in [1.54, 1.807) is 18.2 Å². The maximum atomic E-state index is 12.8. The van der Waals surface area contributed by atoms with Crippen molar-refractivity contribution in [1.82, 2.24) is 4.31 Å². The van der Waals surface area contributed by atoms with Crippen molar-refractivity contribution in [3.63, 3.8) is 0 Å². The van der Waals surface area contributed by atoms with Crippen molar-refractivity contribution in [1.29, 1.82) is 0 Å². The van der Waals surface area contributed by atoms with Crippen LogP contribution in [0, 0.1) is 19.8 Å². The normalized spacial score (nSPS) is 16.4. The molecule has 3 rings (SSSR count). The van der Waals surface area contributed by atoms with Crippen molar-refractivity contribution >= 4 is 21.6 Å². The molecule has 0 radical (unpaired) electrons. The van der Waals surface area contributed by atoms with E-state index in [9.17, 15) is 13.2 Å². The van der Waals surface area contributed by atoms with Crippen LogP contribution in [0.3, 0.4) is 0 Å². The molecule has 0 aromatic heterocycles. The maximum absolute atomic E-state index is 12.8. The summed E-state index contributed by atoms with van der Waals surface area (Å²) in [6, 6.07) is 14.6. The van der Waals surface area contributed by atoms with Crippen LogP contribution in [0.15, 0.2) is 53.4 Å². The van der Waals surface area contributed by atoms with Gasteiger partial charge in [0.05, 0.1) is 4.90 Å². The number of sulfonamides is 1. The fourth-order valence-corrected chi connectivity index (χ4v) is 4.81. The summed E-state index contributed by atoms with van der Waals surface area (Å²) in [5.74, 6) is -0.203. The second kappa shape index (κ2) is 7.60. The highest BCUT2D eigenvalue weighted by atomic mass is 32.2. The molecule has 0 spiro atoms. The number of para-hydroxylation sites is 1. The molecule has 0 saturated carbocycles. The van der Waals surface area contributed by atoms with Gasteiger partial charge in [0, 0.05) is 24.7 Å². The van der Waals surface area contributed by atoms with Gasteiger partial charge in [-0.05, 0) is 56.0 Å². The van der Waals surface area contributed by atoms with Gasteiger partial charge in [-0.25, -0.2) is 8.42 Å². The molecule has 5 nitrogen and oxygen atoms in total. The van der Waals surface area contributed by atoms with E-state index in [-0.39, 0.29) is 11.8 Å². The first-order chi connectivity index (χ1) is 12.4. The van der Waals surface area contributed by atoms with E-state index in [1.807, 2.05) is 44.2 Å². The van der Waals surface area contributed by atoms with Gasteiger partial charge >= 0.3 is 0 Å².